The van der Waals surface area contributed by atoms with E-state index in [4.69, 9.17) is 32.7 Å². The number of amides is 2. The molecule has 0 radical (unpaired) electrons. The van der Waals surface area contributed by atoms with E-state index in [1.54, 1.807) is 48.5 Å². The Morgan fingerprint density at radius 3 is 2.06 bits per heavy atom. The SMILES string of the molecule is COc1ccc(S(=O)(=O)N(CC(=O)N(Cc2c(Cl)cccc2Cl)C(Cc2ccccc2)C(=O)NC2CCCCC2)c2ccccc2)cc1OC. The lowest BCUT2D eigenvalue weighted by atomic mass is 9.94. The van der Waals surface area contributed by atoms with Crippen molar-refractivity contribution < 1.29 is 27.5 Å². The third kappa shape index (κ3) is 8.91. The monoisotopic (exact) mass is 737 g/mol. The zero-order valence-electron chi connectivity index (χ0n) is 28.1. The highest BCUT2D eigenvalue weighted by Crippen LogP contribution is 2.33. The van der Waals surface area contributed by atoms with Crippen molar-refractivity contribution in [1.29, 1.82) is 0 Å². The van der Waals surface area contributed by atoms with E-state index < -0.39 is 28.5 Å². The van der Waals surface area contributed by atoms with Crippen LogP contribution < -0.4 is 19.1 Å². The molecule has 1 unspecified atom stereocenters. The third-order valence-electron chi connectivity index (χ3n) is 8.88. The molecule has 1 aliphatic carbocycles. The molecule has 0 heterocycles. The van der Waals surface area contributed by atoms with Crippen LogP contribution in [-0.2, 0) is 32.6 Å². The van der Waals surface area contributed by atoms with Gasteiger partial charge < -0.3 is 19.7 Å². The molecule has 264 valence electrons. The lowest BCUT2D eigenvalue weighted by Crippen LogP contribution is -2.55. The first-order chi connectivity index (χ1) is 24.1. The summed E-state index contributed by atoms with van der Waals surface area (Å²) in [4.78, 5) is 30.4. The van der Waals surface area contributed by atoms with E-state index in [0.717, 1.165) is 42.0 Å². The van der Waals surface area contributed by atoms with Gasteiger partial charge in [0.25, 0.3) is 10.0 Å². The van der Waals surface area contributed by atoms with Crippen LogP contribution in [0, 0.1) is 0 Å². The number of carbonyl (C=O) groups is 2. The van der Waals surface area contributed by atoms with Crippen molar-refractivity contribution in [2.75, 3.05) is 25.1 Å². The Hall–Kier alpha value is -4.25. The summed E-state index contributed by atoms with van der Waals surface area (Å²) in [6, 6.07) is 26.0. The van der Waals surface area contributed by atoms with E-state index in [1.807, 2.05) is 30.3 Å². The summed E-state index contributed by atoms with van der Waals surface area (Å²) < 4.78 is 40.6. The topological polar surface area (TPSA) is 105 Å². The first kappa shape index (κ1) is 37.0. The Kier molecular flexibility index (Phi) is 12.7. The number of hydrogen-bond acceptors (Lipinski definition) is 6. The lowest BCUT2D eigenvalue weighted by molar-refractivity contribution is -0.140. The smallest absolute Gasteiger partial charge is 0.264 e. The Balaban J connectivity index is 1.59. The van der Waals surface area contributed by atoms with Gasteiger partial charge in [-0.2, -0.15) is 0 Å². The number of carbonyl (C=O) groups excluding carboxylic acids is 2. The average molecular weight is 739 g/mol. The van der Waals surface area contributed by atoms with Gasteiger partial charge in [-0.1, -0.05) is 97.1 Å². The van der Waals surface area contributed by atoms with Crippen LogP contribution in [0.3, 0.4) is 0 Å². The maximum atomic E-state index is 14.8. The number of ether oxygens (including phenoxy) is 2. The normalized spacial score (nSPS) is 14.0. The quantitative estimate of drug-likeness (QED) is 0.146. The Morgan fingerprint density at radius 1 is 0.820 bits per heavy atom. The summed E-state index contributed by atoms with van der Waals surface area (Å²) in [5.41, 5.74) is 1.54. The number of halogens is 2. The number of nitrogens with one attached hydrogen (secondary N) is 1. The number of anilines is 1. The van der Waals surface area contributed by atoms with Gasteiger partial charge in [-0.05, 0) is 54.8 Å². The molecular weight excluding hydrogens is 697 g/mol. The molecule has 0 bridgehead atoms. The summed E-state index contributed by atoms with van der Waals surface area (Å²) >= 11 is 13.3. The molecule has 4 aromatic rings. The highest BCUT2D eigenvalue weighted by Gasteiger charge is 2.36. The number of nitrogens with zero attached hydrogens (tertiary/aromatic N) is 2. The van der Waals surface area contributed by atoms with Gasteiger partial charge in [0, 0.05) is 40.7 Å². The second kappa shape index (κ2) is 17.1. The van der Waals surface area contributed by atoms with Crippen LogP contribution in [-0.4, -0.2) is 58.0 Å². The van der Waals surface area contributed by atoms with Crippen molar-refractivity contribution in [1.82, 2.24) is 10.2 Å². The van der Waals surface area contributed by atoms with Gasteiger partial charge in [-0.25, -0.2) is 8.42 Å². The average Bonchev–Trinajstić information content (AvgIpc) is 3.13. The molecule has 5 rings (SSSR count). The van der Waals surface area contributed by atoms with Crippen LogP contribution >= 0.6 is 23.2 Å². The standard InChI is InChI=1S/C38H41Cl2N3O6S/c1-48-35-22-21-30(24-36(35)49-2)50(46,47)43(29-17-10-5-11-18-29)26-37(44)42(25-31-32(39)19-12-20-33(31)40)34(23-27-13-6-3-7-14-27)38(45)41-28-15-8-4-9-16-28/h3,5-7,10-14,17-22,24,28,34H,4,8-9,15-16,23,25-26H2,1-2H3,(H,41,45). The van der Waals surface area contributed by atoms with E-state index in [0.29, 0.717) is 21.4 Å². The molecule has 4 aromatic carbocycles. The van der Waals surface area contributed by atoms with Crippen LogP contribution in [0.1, 0.15) is 43.2 Å². The predicted octanol–water partition coefficient (Wildman–Crippen LogP) is 7.29. The summed E-state index contributed by atoms with van der Waals surface area (Å²) in [6.45, 7) is -0.753. The number of benzene rings is 4. The number of para-hydroxylation sites is 1. The molecule has 0 saturated heterocycles. The largest absolute Gasteiger partial charge is 0.493 e. The second-order valence-corrected chi connectivity index (χ2v) is 14.8. The minimum absolute atomic E-state index is 0.0263. The maximum absolute atomic E-state index is 14.8. The van der Waals surface area contributed by atoms with E-state index in [2.05, 4.69) is 5.32 Å². The van der Waals surface area contributed by atoms with Crippen molar-refractivity contribution in [3.8, 4) is 11.5 Å². The molecule has 2 amide bonds. The number of rotatable bonds is 14. The molecule has 1 saturated carbocycles. The van der Waals surface area contributed by atoms with Gasteiger partial charge in [0.1, 0.15) is 12.6 Å². The van der Waals surface area contributed by atoms with Crippen LogP contribution in [0.2, 0.25) is 10.0 Å². The van der Waals surface area contributed by atoms with Crippen molar-refractivity contribution in [3.05, 3.63) is 118 Å². The highest BCUT2D eigenvalue weighted by molar-refractivity contribution is 7.92. The minimum Gasteiger partial charge on any atom is -0.493 e. The molecule has 1 atom stereocenters. The molecule has 0 aliphatic heterocycles. The van der Waals surface area contributed by atoms with Crippen molar-refractivity contribution >= 4 is 50.7 Å². The molecule has 1 fully saturated rings. The van der Waals surface area contributed by atoms with Crippen LogP contribution in [0.15, 0.2) is 102 Å². The number of sulfonamides is 1. The third-order valence-corrected chi connectivity index (χ3v) is 11.4. The molecular formula is C38H41Cl2N3O6S. The summed E-state index contributed by atoms with van der Waals surface area (Å²) in [7, 11) is -1.49. The number of hydrogen-bond donors (Lipinski definition) is 1. The van der Waals surface area contributed by atoms with E-state index >= 15 is 0 Å². The predicted molar refractivity (Wildman–Crippen MR) is 196 cm³/mol. The van der Waals surface area contributed by atoms with Gasteiger partial charge in [-0.3, -0.25) is 13.9 Å². The Morgan fingerprint density at radius 2 is 1.44 bits per heavy atom. The fourth-order valence-electron chi connectivity index (χ4n) is 6.18. The lowest BCUT2D eigenvalue weighted by Gasteiger charge is -2.35. The van der Waals surface area contributed by atoms with Crippen molar-refractivity contribution in [2.45, 2.75) is 62.0 Å². The Bertz CT molecular complexity index is 1850. The molecule has 1 aliphatic rings. The number of methoxy groups -OCH3 is 2. The van der Waals surface area contributed by atoms with Gasteiger partial charge >= 0.3 is 0 Å². The zero-order valence-corrected chi connectivity index (χ0v) is 30.4. The van der Waals surface area contributed by atoms with Crippen LogP contribution in [0.5, 0.6) is 11.5 Å². The van der Waals surface area contributed by atoms with E-state index in [-0.39, 0.29) is 41.2 Å². The summed E-state index contributed by atoms with van der Waals surface area (Å²) in [5, 5.41) is 3.84. The van der Waals surface area contributed by atoms with Gasteiger partial charge in [0.2, 0.25) is 11.8 Å². The molecule has 9 nitrogen and oxygen atoms in total. The van der Waals surface area contributed by atoms with E-state index in [9.17, 15) is 18.0 Å². The molecule has 1 N–H and O–H groups in total. The minimum atomic E-state index is -4.36. The highest BCUT2D eigenvalue weighted by atomic mass is 35.5. The second-order valence-electron chi connectivity index (χ2n) is 12.1. The summed E-state index contributed by atoms with van der Waals surface area (Å²) in [6.07, 6.45) is 5.00. The van der Waals surface area contributed by atoms with Gasteiger partial charge in [-0.15, -0.1) is 0 Å². The molecule has 0 aromatic heterocycles. The van der Waals surface area contributed by atoms with Crippen LogP contribution in [0.4, 0.5) is 5.69 Å². The summed E-state index contributed by atoms with van der Waals surface area (Å²) in [5.74, 6) is -0.380. The fourth-order valence-corrected chi connectivity index (χ4v) is 8.13. The zero-order chi connectivity index (χ0) is 35.7. The first-order valence-corrected chi connectivity index (χ1v) is 18.7. The molecule has 50 heavy (non-hydrogen) atoms. The Labute approximate surface area is 304 Å². The molecule has 12 heteroatoms. The van der Waals surface area contributed by atoms with Crippen molar-refractivity contribution in [3.63, 3.8) is 0 Å². The molecule has 0 spiro atoms. The fraction of sp³-hybridized carbons (Fsp3) is 0.316. The maximum Gasteiger partial charge on any atom is 0.264 e. The first-order valence-electron chi connectivity index (χ1n) is 16.5. The van der Waals surface area contributed by atoms with E-state index in [1.165, 1.54) is 37.3 Å². The van der Waals surface area contributed by atoms with Crippen molar-refractivity contribution in [2.24, 2.45) is 0 Å². The van der Waals surface area contributed by atoms with Crippen LogP contribution in [0.25, 0.3) is 0 Å². The van der Waals surface area contributed by atoms with Gasteiger partial charge in [0.05, 0.1) is 24.8 Å². The van der Waals surface area contributed by atoms with Gasteiger partial charge in [0.15, 0.2) is 11.5 Å².